The molecule has 3 aromatic rings. The van der Waals surface area contributed by atoms with Gasteiger partial charge in [0.05, 0.1) is 18.3 Å². The minimum Gasteiger partial charge on any atom is -0.467 e. The van der Waals surface area contributed by atoms with Crippen molar-refractivity contribution < 1.29 is 9.21 Å². The second-order valence-corrected chi connectivity index (χ2v) is 6.62. The van der Waals surface area contributed by atoms with Gasteiger partial charge in [-0.05, 0) is 42.7 Å². The summed E-state index contributed by atoms with van der Waals surface area (Å²) in [6.07, 6.45) is 2.57. The summed E-state index contributed by atoms with van der Waals surface area (Å²) in [6, 6.07) is 21.5. The molecule has 2 atom stereocenters. The first kappa shape index (κ1) is 16.6. The van der Waals surface area contributed by atoms with E-state index in [1.165, 1.54) is 5.56 Å². The maximum absolute atomic E-state index is 13.1. The summed E-state index contributed by atoms with van der Waals surface area (Å²) in [5.74, 6) is 0.889. The highest BCUT2D eigenvalue weighted by molar-refractivity contribution is 5.98. The van der Waals surface area contributed by atoms with Gasteiger partial charge in [0.1, 0.15) is 5.76 Å². The van der Waals surface area contributed by atoms with Crippen LogP contribution in [0.4, 0.5) is 5.69 Å². The van der Waals surface area contributed by atoms with E-state index >= 15 is 0 Å². The van der Waals surface area contributed by atoms with E-state index in [2.05, 4.69) is 11.4 Å². The van der Waals surface area contributed by atoms with Gasteiger partial charge in [0.25, 0.3) is 0 Å². The fourth-order valence-corrected chi connectivity index (χ4v) is 3.57. The third-order valence-corrected chi connectivity index (χ3v) is 4.90. The van der Waals surface area contributed by atoms with Gasteiger partial charge >= 0.3 is 0 Å². The van der Waals surface area contributed by atoms with Crippen LogP contribution < -0.4 is 10.2 Å². The second-order valence-electron chi connectivity index (χ2n) is 6.62. The van der Waals surface area contributed by atoms with Crippen molar-refractivity contribution in [2.45, 2.75) is 25.4 Å². The van der Waals surface area contributed by atoms with Gasteiger partial charge in [0.2, 0.25) is 5.91 Å². The highest BCUT2D eigenvalue weighted by atomic mass is 16.3. The number of furan rings is 1. The van der Waals surface area contributed by atoms with Crippen LogP contribution in [0.5, 0.6) is 0 Å². The average molecular weight is 346 g/mol. The molecule has 0 spiro atoms. The Morgan fingerprint density at radius 2 is 1.81 bits per heavy atom. The predicted molar refractivity (Wildman–Crippen MR) is 102 cm³/mol. The Hall–Kier alpha value is -2.85. The van der Waals surface area contributed by atoms with E-state index in [-0.39, 0.29) is 18.0 Å². The van der Waals surface area contributed by atoms with Crippen molar-refractivity contribution in [3.05, 3.63) is 89.9 Å². The van der Waals surface area contributed by atoms with E-state index in [0.717, 1.165) is 30.0 Å². The first-order chi connectivity index (χ1) is 12.7. The molecule has 26 heavy (non-hydrogen) atoms. The van der Waals surface area contributed by atoms with Crippen LogP contribution in [-0.2, 0) is 11.2 Å². The van der Waals surface area contributed by atoms with Crippen LogP contribution in [0.15, 0.2) is 77.4 Å². The Kier molecular flexibility index (Phi) is 4.59. The molecule has 4 rings (SSSR count). The lowest BCUT2D eigenvalue weighted by atomic mass is 10.0. The van der Waals surface area contributed by atoms with Crippen LogP contribution in [-0.4, -0.2) is 18.5 Å². The van der Waals surface area contributed by atoms with Crippen LogP contribution in [0.2, 0.25) is 0 Å². The molecule has 1 aliphatic heterocycles. The molecule has 0 unspecified atom stereocenters. The third-order valence-electron chi connectivity index (χ3n) is 4.90. The number of fused-ring (bicyclic) bond motifs is 1. The molecule has 1 aliphatic rings. The summed E-state index contributed by atoms with van der Waals surface area (Å²) >= 11 is 0. The standard InChI is InChI=1S/C22H22N2O2/c1-16(22(25)24-14-13-17-8-5-6-11-19(17)24)23-21(20-12-7-15-26-20)18-9-3-2-4-10-18/h2-12,15-16,21,23H,13-14H2,1H3/t16-,21+/m0/s1. The van der Waals surface area contributed by atoms with Crippen LogP contribution in [0.3, 0.4) is 0 Å². The zero-order valence-corrected chi connectivity index (χ0v) is 14.8. The van der Waals surface area contributed by atoms with Crippen LogP contribution in [0.25, 0.3) is 0 Å². The van der Waals surface area contributed by atoms with Gasteiger partial charge < -0.3 is 9.32 Å². The number of hydrogen-bond donors (Lipinski definition) is 1. The first-order valence-corrected chi connectivity index (χ1v) is 8.98. The number of rotatable bonds is 5. The minimum absolute atomic E-state index is 0.0856. The number of carbonyl (C=O) groups excluding carboxylic acids is 1. The normalized spacial score (nSPS) is 15.5. The molecule has 1 N–H and O–H groups in total. The van der Waals surface area contributed by atoms with E-state index < -0.39 is 0 Å². The van der Waals surface area contributed by atoms with Crippen molar-refractivity contribution in [1.29, 1.82) is 0 Å². The molecule has 4 heteroatoms. The largest absolute Gasteiger partial charge is 0.467 e. The molecular weight excluding hydrogens is 324 g/mol. The van der Waals surface area contributed by atoms with Crippen LogP contribution >= 0.6 is 0 Å². The SMILES string of the molecule is C[C@H](N[C@H](c1ccccc1)c1ccco1)C(=O)N1CCc2ccccc21. The molecule has 0 bridgehead atoms. The predicted octanol–water partition coefficient (Wildman–Crippen LogP) is 3.94. The van der Waals surface area contributed by atoms with E-state index in [1.807, 2.05) is 72.5 Å². The lowest BCUT2D eigenvalue weighted by Crippen LogP contribution is -2.45. The fraction of sp³-hybridized carbons (Fsp3) is 0.227. The van der Waals surface area contributed by atoms with Crippen molar-refractivity contribution >= 4 is 11.6 Å². The number of nitrogens with zero attached hydrogens (tertiary/aromatic N) is 1. The van der Waals surface area contributed by atoms with Gasteiger partial charge in [-0.2, -0.15) is 0 Å². The highest BCUT2D eigenvalue weighted by Gasteiger charge is 2.30. The summed E-state index contributed by atoms with van der Waals surface area (Å²) in [7, 11) is 0. The number of amides is 1. The van der Waals surface area contributed by atoms with Gasteiger partial charge in [-0.3, -0.25) is 10.1 Å². The third kappa shape index (κ3) is 3.16. The van der Waals surface area contributed by atoms with Gasteiger partial charge in [-0.15, -0.1) is 0 Å². The van der Waals surface area contributed by atoms with Crippen molar-refractivity contribution in [3.63, 3.8) is 0 Å². The number of nitrogens with one attached hydrogen (secondary N) is 1. The number of carbonyl (C=O) groups is 1. The quantitative estimate of drug-likeness (QED) is 0.761. The van der Waals surface area contributed by atoms with Crippen molar-refractivity contribution in [2.24, 2.45) is 0 Å². The second kappa shape index (κ2) is 7.18. The fourth-order valence-electron chi connectivity index (χ4n) is 3.57. The Balaban J connectivity index is 1.56. The van der Waals surface area contributed by atoms with E-state index in [0.29, 0.717) is 0 Å². The van der Waals surface area contributed by atoms with Gasteiger partial charge in [0, 0.05) is 12.2 Å². The number of anilines is 1. The Labute approximate surface area is 153 Å². The molecular formula is C22H22N2O2. The Bertz CT molecular complexity index is 874. The van der Waals surface area contributed by atoms with Crippen LogP contribution in [0.1, 0.15) is 29.9 Å². The lowest BCUT2D eigenvalue weighted by molar-refractivity contribution is -0.120. The molecule has 2 heterocycles. The van der Waals surface area contributed by atoms with Gasteiger partial charge in [0.15, 0.2) is 0 Å². The summed E-state index contributed by atoms with van der Waals surface area (Å²) in [6.45, 7) is 2.66. The van der Waals surface area contributed by atoms with E-state index in [1.54, 1.807) is 6.26 Å². The molecule has 1 aromatic heterocycles. The molecule has 4 nitrogen and oxygen atoms in total. The summed E-state index contributed by atoms with van der Waals surface area (Å²) in [5, 5.41) is 3.46. The van der Waals surface area contributed by atoms with Crippen molar-refractivity contribution in [2.75, 3.05) is 11.4 Å². The molecule has 1 amide bonds. The lowest BCUT2D eigenvalue weighted by Gasteiger charge is -2.26. The van der Waals surface area contributed by atoms with Gasteiger partial charge in [-0.1, -0.05) is 48.5 Å². The van der Waals surface area contributed by atoms with Crippen molar-refractivity contribution in [3.8, 4) is 0 Å². The van der Waals surface area contributed by atoms with E-state index in [4.69, 9.17) is 4.42 Å². The molecule has 132 valence electrons. The maximum atomic E-state index is 13.1. The molecule has 0 fully saturated rings. The van der Waals surface area contributed by atoms with Crippen LogP contribution in [0, 0.1) is 0 Å². The Morgan fingerprint density at radius 3 is 2.58 bits per heavy atom. The highest BCUT2D eigenvalue weighted by Crippen LogP contribution is 2.29. The zero-order chi connectivity index (χ0) is 17.9. The molecule has 0 aliphatic carbocycles. The van der Waals surface area contributed by atoms with Gasteiger partial charge in [-0.25, -0.2) is 0 Å². The van der Waals surface area contributed by atoms with Crippen molar-refractivity contribution in [1.82, 2.24) is 5.32 Å². The average Bonchev–Trinajstić information content (AvgIpc) is 3.36. The Morgan fingerprint density at radius 1 is 1.04 bits per heavy atom. The maximum Gasteiger partial charge on any atom is 0.243 e. The van der Waals surface area contributed by atoms with E-state index in [9.17, 15) is 4.79 Å². The number of benzene rings is 2. The smallest absolute Gasteiger partial charge is 0.243 e. The summed E-state index contributed by atoms with van der Waals surface area (Å²) in [5.41, 5.74) is 3.34. The molecule has 2 aromatic carbocycles. The topological polar surface area (TPSA) is 45.5 Å². The summed E-state index contributed by atoms with van der Waals surface area (Å²) < 4.78 is 5.63. The minimum atomic E-state index is -0.337. The monoisotopic (exact) mass is 346 g/mol. The zero-order valence-electron chi connectivity index (χ0n) is 14.8. The molecule has 0 radical (unpaired) electrons. The summed E-state index contributed by atoms with van der Waals surface area (Å²) in [4.78, 5) is 15.0. The first-order valence-electron chi connectivity index (χ1n) is 8.98. The number of hydrogen-bond acceptors (Lipinski definition) is 3. The molecule has 0 saturated heterocycles. The number of para-hydroxylation sites is 1. The molecule has 0 saturated carbocycles.